The van der Waals surface area contributed by atoms with Gasteiger partial charge in [-0.1, -0.05) is 23.9 Å². The van der Waals surface area contributed by atoms with Gasteiger partial charge >= 0.3 is 0 Å². The molecule has 0 radical (unpaired) electrons. The second kappa shape index (κ2) is 5.69. The molecular weight excluding hydrogens is 498 g/mol. The minimum Gasteiger partial charge on any atom is -0.506 e. The van der Waals surface area contributed by atoms with Crippen LogP contribution in [0.2, 0.25) is 0 Å². The van der Waals surface area contributed by atoms with E-state index in [1.807, 2.05) is 36.4 Å². The van der Waals surface area contributed by atoms with E-state index in [0.717, 1.165) is 17.6 Å². The van der Waals surface area contributed by atoms with E-state index < -0.39 is 0 Å². The predicted molar refractivity (Wildman–Crippen MR) is 98.1 cm³/mol. The summed E-state index contributed by atoms with van der Waals surface area (Å²) >= 11 is 5.75. The lowest BCUT2D eigenvalue weighted by Crippen LogP contribution is -1.94. The van der Waals surface area contributed by atoms with Crippen LogP contribution in [-0.2, 0) is 0 Å². The summed E-state index contributed by atoms with van der Waals surface area (Å²) in [6.07, 6.45) is 1.77. The van der Waals surface area contributed by atoms with Gasteiger partial charge < -0.3 is 5.11 Å². The van der Waals surface area contributed by atoms with Crippen molar-refractivity contribution in [3.8, 4) is 5.75 Å². The van der Waals surface area contributed by atoms with Crippen molar-refractivity contribution < 1.29 is 9.90 Å². The molecule has 2 aromatic rings. The Balaban J connectivity index is 2.06. The molecule has 0 amide bonds. The highest BCUT2D eigenvalue weighted by molar-refractivity contribution is 14.1. The zero-order valence-corrected chi connectivity index (χ0v) is 15.2. The number of allylic oxidation sites excluding steroid dienone is 1. The summed E-state index contributed by atoms with van der Waals surface area (Å²) < 4.78 is 1.82. The second-order valence-electron chi connectivity index (χ2n) is 4.26. The third kappa shape index (κ3) is 2.62. The summed E-state index contributed by atoms with van der Waals surface area (Å²) in [7, 11) is 0. The molecule has 100 valence electrons. The number of benzene rings is 2. The van der Waals surface area contributed by atoms with Crippen molar-refractivity contribution >= 4 is 68.8 Å². The van der Waals surface area contributed by atoms with Crippen molar-refractivity contribution in [1.82, 2.24) is 0 Å². The molecule has 0 atom stereocenters. The van der Waals surface area contributed by atoms with Crippen molar-refractivity contribution in [3.05, 3.63) is 59.6 Å². The topological polar surface area (TPSA) is 37.3 Å². The number of phenols is 1. The SMILES string of the molecule is O=C1/C(=C\c2cc(I)cc(I)c2O)Sc2ccccc21. The van der Waals surface area contributed by atoms with Gasteiger partial charge in [0.2, 0.25) is 5.78 Å². The molecule has 0 fully saturated rings. The molecule has 0 spiro atoms. The van der Waals surface area contributed by atoms with Gasteiger partial charge in [-0.25, -0.2) is 0 Å². The Hall–Kier alpha value is -0.540. The first-order valence-electron chi connectivity index (χ1n) is 5.77. The number of carbonyl (C=O) groups excluding carboxylic acids is 1. The van der Waals surface area contributed by atoms with Crippen LogP contribution in [0, 0.1) is 7.14 Å². The fraction of sp³-hybridized carbons (Fsp3) is 0. The molecule has 2 nitrogen and oxygen atoms in total. The molecule has 2 aromatic carbocycles. The summed E-state index contributed by atoms with van der Waals surface area (Å²) in [5, 5.41) is 10.1. The monoisotopic (exact) mass is 506 g/mol. The Bertz CT molecular complexity index is 754. The normalized spacial score (nSPS) is 15.7. The van der Waals surface area contributed by atoms with Gasteiger partial charge in [0.1, 0.15) is 5.75 Å². The number of Topliss-reactive ketones (excluding diaryl/α,β-unsaturated/α-hetero) is 1. The van der Waals surface area contributed by atoms with Gasteiger partial charge in [-0.2, -0.15) is 0 Å². The average molecular weight is 506 g/mol. The maximum atomic E-state index is 12.3. The molecule has 0 saturated carbocycles. The number of phenolic OH excluding ortho intramolecular Hbond substituents is 1. The molecule has 1 aliphatic rings. The smallest absolute Gasteiger partial charge is 0.200 e. The molecule has 20 heavy (non-hydrogen) atoms. The number of hydrogen-bond donors (Lipinski definition) is 1. The predicted octanol–water partition coefficient (Wildman–Crippen LogP) is 4.93. The minimum absolute atomic E-state index is 0.0267. The van der Waals surface area contributed by atoms with Gasteiger partial charge in [-0.3, -0.25) is 4.79 Å². The van der Waals surface area contributed by atoms with Gasteiger partial charge in [0, 0.05) is 19.6 Å². The lowest BCUT2D eigenvalue weighted by atomic mass is 10.1. The molecule has 0 aromatic heterocycles. The Kier molecular flexibility index (Phi) is 4.09. The zero-order chi connectivity index (χ0) is 14.3. The highest BCUT2D eigenvalue weighted by Crippen LogP contribution is 2.41. The number of ketones is 1. The van der Waals surface area contributed by atoms with E-state index in [2.05, 4.69) is 45.2 Å². The van der Waals surface area contributed by atoms with Crippen molar-refractivity contribution in [2.45, 2.75) is 4.90 Å². The molecule has 1 N–H and O–H groups in total. The third-order valence-electron chi connectivity index (χ3n) is 2.92. The van der Waals surface area contributed by atoms with Gasteiger partial charge in [0.05, 0.1) is 8.48 Å². The maximum Gasteiger partial charge on any atom is 0.200 e. The molecule has 1 heterocycles. The third-order valence-corrected chi connectivity index (χ3v) is 5.46. The van der Waals surface area contributed by atoms with Gasteiger partial charge in [-0.15, -0.1) is 0 Å². The fourth-order valence-electron chi connectivity index (χ4n) is 1.97. The maximum absolute atomic E-state index is 12.3. The van der Waals surface area contributed by atoms with Crippen molar-refractivity contribution in [1.29, 1.82) is 0 Å². The first-order valence-corrected chi connectivity index (χ1v) is 8.75. The summed E-state index contributed by atoms with van der Waals surface area (Å²) in [6.45, 7) is 0. The van der Waals surface area contributed by atoms with E-state index in [0.29, 0.717) is 10.5 Å². The van der Waals surface area contributed by atoms with Crippen LogP contribution < -0.4 is 0 Å². The van der Waals surface area contributed by atoms with Gasteiger partial charge in [-0.05, 0) is 75.5 Å². The van der Waals surface area contributed by atoms with Crippen LogP contribution in [0.1, 0.15) is 15.9 Å². The Labute approximate surface area is 147 Å². The van der Waals surface area contributed by atoms with Crippen LogP contribution in [0.4, 0.5) is 0 Å². The molecular formula is C15H8I2O2S. The number of rotatable bonds is 1. The Morgan fingerprint density at radius 3 is 2.65 bits per heavy atom. The van der Waals surface area contributed by atoms with E-state index in [4.69, 9.17) is 0 Å². The number of aromatic hydroxyl groups is 1. The van der Waals surface area contributed by atoms with Crippen LogP contribution in [0.3, 0.4) is 0 Å². The van der Waals surface area contributed by atoms with Gasteiger partial charge in [0.25, 0.3) is 0 Å². The number of thioether (sulfide) groups is 1. The largest absolute Gasteiger partial charge is 0.506 e. The van der Waals surface area contributed by atoms with Gasteiger partial charge in [0.15, 0.2) is 0 Å². The van der Waals surface area contributed by atoms with E-state index in [-0.39, 0.29) is 11.5 Å². The Morgan fingerprint density at radius 1 is 1.15 bits per heavy atom. The van der Waals surface area contributed by atoms with E-state index in [9.17, 15) is 9.90 Å². The quantitative estimate of drug-likeness (QED) is 0.441. The zero-order valence-electron chi connectivity index (χ0n) is 10.1. The molecule has 0 unspecified atom stereocenters. The van der Waals surface area contributed by atoms with Crippen molar-refractivity contribution in [2.75, 3.05) is 0 Å². The molecule has 1 aliphatic heterocycles. The van der Waals surface area contributed by atoms with Crippen molar-refractivity contribution in [2.24, 2.45) is 0 Å². The van der Waals surface area contributed by atoms with E-state index in [1.165, 1.54) is 11.8 Å². The fourth-order valence-corrected chi connectivity index (χ4v) is 4.91. The molecule has 3 rings (SSSR count). The highest BCUT2D eigenvalue weighted by Gasteiger charge is 2.25. The molecule has 5 heteroatoms. The van der Waals surface area contributed by atoms with Crippen LogP contribution in [0.15, 0.2) is 46.2 Å². The lowest BCUT2D eigenvalue weighted by Gasteiger charge is -2.04. The van der Waals surface area contributed by atoms with Crippen molar-refractivity contribution in [3.63, 3.8) is 0 Å². The van der Waals surface area contributed by atoms with Crippen LogP contribution in [0.25, 0.3) is 6.08 Å². The molecule has 0 aliphatic carbocycles. The van der Waals surface area contributed by atoms with Crippen LogP contribution in [-0.4, -0.2) is 10.9 Å². The summed E-state index contributed by atoms with van der Waals surface area (Å²) in [5.41, 5.74) is 1.42. The summed E-state index contributed by atoms with van der Waals surface area (Å²) in [4.78, 5) is 13.9. The summed E-state index contributed by atoms with van der Waals surface area (Å²) in [5.74, 6) is 0.252. The second-order valence-corrected chi connectivity index (χ2v) is 7.75. The number of fused-ring (bicyclic) bond motifs is 1. The minimum atomic E-state index is 0.0267. The number of carbonyl (C=O) groups is 1. The number of halogens is 2. The first kappa shape index (κ1) is 14.4. The molecule has 0 bridgehead atoms. The summed E-state index contributed by atoms with van der Waals surface area (Å²) in [6, 6.07) is 11.3. The average Bonchev–Trinajstić information content (AvgIpc) is 2.73. The lowest BCUT2D eigenvalue weighted by molar-refractivity contribution is 0.104. The standard InChI is InChI=1S/C15H8I2O2S/c16-9-5-8(14(18)11(17)7-9)6-13-15(19)10-3-1-2-4-12(10)20-13/h1-7,18H/b13-6+. The van der Waals surface area contributed by atoms with Crippen LogP contribution in [0.5, 0.6) is 5.75 Å². The Morgan fingerprint density at radius 2 is 1.90 bits per heavy atom. The van der Waals surface area contributed by atoms with E-state index >= 15 is 0 Å². The first-order chi connectivity index (χ1) is 9.56. The van der Waals surface area contributed by atoms with Crippen LogP contribution >= 0.6 is 56.9 Å². The molecule has 0 saturated heterocycles. The van der Waals surface area contributed by atoms with E-state index in [1.54, 1.807) is 6.08 Å². The highest BCUT2D eigenvalue weighted by atomic mass is 127. The number of hydrogen-bond acceptors (Lipinski definition) is 3.